The summed E-state index contributed by atoms with van der Waals surface area (Å²) in [4.78, 5) is 0. The summed E-state index contributed by atoms with van der Waals surface area (Å²) in [7, 11) is 0. The average molecular weight is 279 g/mol. The Morgan fingerprint density at radius 2 is 2.00 bits per heavy atom. The highest BCUT2D eigenvalue weighted by Gasteiger charge is 2.49. The fraction of sp³-hybridized carbons (Fsp3) is 0.941. The smallest absolute Gasteiger partial charge is 0.163 e. The Balaban J connectivity index is 1.93. The number of unbranched alkanes of at least 4 members (excludes halogenated alkanes) is 3. The van der Waals surface area contributed by atoms with E-state index in [0.29, 0.717) is 6.10 Å². The van der Waals surface area contributed by atoms with Gasteiger partial charge < -0.3 is 9.47 Å². The van der Waals surface area contributed by atoms with E-state index in [1.54, 1.807) is 0 Å². The lowest BCUT2D eigenvalue weighted by atomic mass is 9.88. The molecule has 114 valence electrons. The largest absolute Gasteiger partial charge is 0.347 e. The SMILES string of the molecule is CCCCCC[C@H]1C[C@@]2(CCC(C#N)C2)OC(C)(C)O1. The molecule has 1 unspecified atom stereocenters. The summed E-state index contributed by atoms with van der Waals surface area (Å²) in [5.41, 5.74) is -0.0996. The van der Waals surface area contributed by atoms with E-state index in [1.165, 1.54) is 25.7 Å². The molecule has 0 bridgehead atoms. The zero-order valence-electron chi connectivity index (χ0n) is 13.3. The first-order valence-corrected chi connectivity index (χ1v) is 8.26. The minimum atomic E-state index is -0.502. The Bertz CT molecular complexity index is 360. The van der Waals surface area contributed by atoms with Gasteiger partial charge in [-0.15, -0.1) is 0 Å². The predicted octanol–water partition coefficient (Wildman–Crippen LogP) is 4.56. The molecule has 2 aliphatic rings. The van der Waals surface area contributed by atoms with Gasteiger partial charge in [-0.05, 0) is 39.5 Å². The molecule has 1 aliphatic heterocycles. The number of ether oxygens (including phenoxy) is 2. The summed E-state index contributed by atoms with van der Waals surface area (Å²) in [6, 6.07) is 2.42. The van der Waals surface area contributed by atoms with Gasteiger partial charge in [0.15, 0.2) is 5.79 Å². The Hall–Kier alpha value is -0.590. The van der Waals surface area contributed by atoms with E-state index < -0.39 is 5.79 Å². The molecule has 1 heterocycles. The maximum absolute atomic E-state index is 9.14. The van der Waals surface area contributed by atoms with Gasteiger partial charge in [-0.3, -0.25) is 0 Å². The molecule has 2 fully saturated rings. The van der Waals surface area contributed by atoms with E-state index in [2.05, 4.69) is 13.0 Å². The van der Waals surface area contributed by atoms with Gasteiger partial charge in [0.25, 0.3) is 0 Å². The molecule has 0 radical (unpaired) electrons. The maximum atomic E-state index is 9.14. The molecule has 3 atom stereocenters. The lowest BCUT2D eigenvalue weighted by molar-refractivity contribution is -0.333. The summed E-state index contributed by atoms with van der Waals surface area (Å²) in [6.07, 6.45) is 10.4. The van der Waals surface area contributed by atoms with Crippen molar-refractivity contribution < 1.29 is 9.47 Å². The number of rotatable bonds is 5. The van der Waals surface area contributed by atoms with E-state index >= 15 is 0 Å². The Morgan fingerprint density at radius 3 is 2.65 bits per heavy atom. The van der Waals surface area contributed by atoms with Crippen LogP contribution in [0.25, 0.3) is 0 Å². The quantitative estimate of drug-likeness (QED) is 0.693. The third-order valence-electron chi connectivity index (χ3n) is 4.64. The van der Waals surface area contributed by atoms with Gasteiger partial charge in [0.05, 0.1) is 17.8 Å². The van der Waals surface area contributed by atoms with Crippen LogP contribution in [0.4, 0.5) is 0 Å². The van der Waals surface area contributed by atoms with Gasteiger partial charge in [-0.25, -0.2) is 0 Å². The van der Waals surface area contributed by atoms with E-state index in [4.69, 9.17) is 14.7 Å². The standard InChI is InChI=1S/C17H29NO2/c1-4-5-6-7-8-15-12-17(20-16(2,3)19-15)10-9-14(11-17)13-18/h14-15H,4-12H2,1-3H3/t14?,15-,17-/m0/s1. The molecule has 3 nitrogen and oxygen atoms in total. The van der Waals surface area contributed by atoms with Gasteiger partial charge in [0.1, 0.15) is 0 Å². The van der Waals surface area contributed by atoms with Crippen LogP contribution in [0, 0.1) is 17.2 Å². The Morgan fingerprint density at radius 1 is 1.20 bits per heavy atom. The summed E-state index contributed by atoms with van der Waals surface area (Å²) in [5, 5.41) is 9.14. The minimum Gasteiger partial charge on any atom is -0.347 e. The zero-order valence-corrected chi connectivity index (χ0v) is 13.3. The average Bonchev–Trinajstić information content (AvgIpc) is 2.75. The third-order valence-corrected chi connectivity index (χ3v) is 4.64. The van der Waals surface area contributed by atoms with Gasteiger partial charge in [0, 0.05) is 12.3 Å². The molecule has 0 N–H and O–H groups in total. The molecule has 1 spiro atoms. The molecule has 0 aromatic carbocycles. The van der Waals surface area contributed by atoms with Gasteiger partial charge >= 0.3 is 0 Å². The van der Waals surface area contributed by atoms with Crippen LogP contribution in [0.2, 0.25) is 0 Å². The van der Waals surface area contributed by atoms with Gasteiger partial charge in [-0.1, -0.05) is 32.6 Å². The van der Waals surface area contributed by atoms with Crippen LogP contribution >= 0.6 is 0 Å². The summed E-state index contributed by atoms with van der Waals surface area (Å²) in [5.74, 6) is -0.331. The molecule has 1 saturated heterocycles. The third kappa shape index (κ3) is 3.96. The van der Waals surface area contributed by atoms with Crippen molar-refractivity contribution in [3.05, 3.63) is 0 Å². The minimum absolute atomic E-state index is 0.0996. The molecular weight excluding hydrogens is 250 g/mol. The van der Waals surface area contributed by atoms with Crippen LogP contribution in [0.3, 0.4) is 0 Å². The number of hydrogen-bond donors (Lipinski definition) is 0. The molecule has 2 rings (SSSR count). The first-order chi connectivity index (χ1) is 9.49. The summed E-state index contributed by atoms with van der Waals surface area (Å²) in [6.45, 7) is 6.28. The lowest BCUT2D eigenvalue weighted by Crippen LogP contribution is -2.51. The fourth-order valence-electron chi connectivity index (χ4n) is 3.88. The number of hydrogen-bond acceptors (Lipinski definition) is 3. The Kier molecular flexibility index (Phi) is 5.09. The van der Waals surface area contributed by atoms with Crippen molar-refractivity contribution in [1.82, 2.24) is 0 Å². The second kappa shape index (κ2) is 6.45. The van der Waals surface area contributed by atoms with Crippen LogP contribution in [0.5, 0.6) is 0 Å². The van der Waals surface area contributed by atoms with Crippen LogP contribution in [0.15, 0.2) is 0 Å². The van der Waals surface area contributed by atoms with E-state index in [0.717, 1.165) is 32.1 Å². The van der Waals surface area contributed by atoms with E-state index in [1.807, 2.05) is 13.8 Å². The second-order valence-corrected chi connectivity index (χ2v) is 7.05. The first kappa shape index (κ1) is 15.8. The molecule has 0 aromatic rings. The second-order valence-electron chi connectivity index (χ2n) is 7.05. The molecule has 1 aliphatic carbocycles. The Labute approximate surface area is 123 Å². The normalized spacial score (nSPS) is 36.1. The number of nitrogens with zero attached hydrogens (tertiary/aromatic N) is 1. The summed E-state index contributed by atoms with van der Waals surface area (Å²) < 4.78 is 12.3. The monoisotopic (exact) mass is 279 g/mol. The zero-order chi connectivity index (χ0) is 14.6. The first-order valence-electron chi connectivity index (χ1n) is 8.26. The number of nitriles is 1. The predicted molar refractivity (Wildman–Crippen MR) is 79.1 cm³/mol. The maximum Gasteiger partial charge on any atom is 0.163 e. The van der Waals surface area contributed by atoms with Crippen molar-refractivity contribution in [3.8, 4) is 6.07 Å². The molecule has 0 amide bonds. The van der Waals surface area contributed by atoms with E-state index in [9.17, 15) is 0 Å². The molecule has 0 aromatic heterocycles. The van der Waals surface area contributed by atoms with Gasteiger partial charge in [0.2, 0.25) is 0 Å². The molecule has 3 heteroatoms. The van der Waals surface area contributed by atoms with Crippen molar-refractivity contribution in [2.45, 2.75) is 96.1 Å². The lowest BCUT2D eigenvalue weighted by Gasteiger charge is -2.47. The van der Waals surface area contributed by atoms with Crippen molar-refractivity contribution in [2.24, 2.45) is 5.92 Å². The summed E-state index contributed by atoms with van der Waals surface area (Å²) >= 11 is 0. The highest BCUT2D eigenvalue weighted by Crippen LogP contribution is 2.47. The van der Waals surface area contributed by atoms with Crippen LogP contribution in [-0.2, 0) is 9.47 Å². The van der Waals surface area contributed by atoms with Crippen LogP contribution < -0.4 is 0 Å². The van der Waals surface area contributed by atoms with Crippen molar-refractivity contribution in [3.63, 3.8) is 0 Å². The molecule has 1 saturated carbocycles. The van der Waals surface area contributed by atoms with E-state index in [-0.39, 0.29) is 11.5 Å². The van der Waals surface area contributed by atoms with Crippen molar-refractivity contribution in [1.29, 1.82) is 5.26 Å². The van der Waals surface area contributed by atoms with Crippen molar-refractivity contribution in [2.75, 3.05) is 0 Å². The molecule has 20 heavy (non-hydrogen) atoms. The van der Waals surface area contributed by atoms with Crippen LogP contribution in [-0.4, -0.2) is 17.5 Å². The van der Waals surface area contributed by atoms with Gasteiger partial charge in [-0.2, -0.15) is 5.26 Å². The topological polar surface area (TPSA) is 42.2 Å². The highest BCUT2D eigenvalue weighted by atomic mass is 16.7. The fourth-order valence-corrected chi connectivity index (χ4v) is 3.88. The highest BCUT2D eigenvalue weighted by molar-refractivity contribution is 5.02. The van der Waals surface area contributed by atoms with Crippen molar-refractivity contribution >= 4 is 0 Å². The molecular formula is C17H29NO2. The van der Waals surface area contributed by atoms with Crippen LogP contribution in [0.1, 0.15) is 78.6 Å².